The van der Waals surface area contributed by atoms with E-state index in [1.54, 1.807) is 6.92 Å². The molecule has 1 saturated heterocycles. The molecule has 2 unspecified atom stereocenters. The predicted molar refractivity (Wildman–Crippen MR) is 68.9 cm³/mol. The van der Waals surface area contributed by atoms with Crippen LogP contribution in [0.2, 0.25) is 0 Å². The second kappa shape index (κ2) is 5.09. The summed E-state index contributed by atoms with van der Waals surface area (Å²) in [4.78, 5) is 11.8. The Balaban J connectivity index is 2.07. The molecule has 0 aromatic heterocycles. The average molecular weight is 238 g/mol. The molecule has 1 aliphatic carbocycles. The summed E-state index contributed by atoms with van der Waals surface area (Å²) in [5, 5.41) is 0. The van der Waals surface area contributed by atoms with Gasteiger partial charge in [-0.15, -0.1) is 0 Å². The standard InChI is InChI=1S/C15H26O2/c1-11(2)14(12(3)16)13-6-9-17-15(10-13)7-4-5-8-15/h11,13-14H,4-10H2,1-3H3. The van der Waals surface area contributed by atoms with Crippen molar-refractivity contribution in [1.82, 2.24) is 0 Å². The zero-order valence-corrected chi connectivity index (χ0v) is 11.5. The number of hydrogen-bond acceptors (Lipinski definition) is 2. The second-order valence-electron chi connectivity index (χ2n) is 6.37. The molecule has 2 fully saturated rings. The molecule has 2 nitrogen and oxygen atoms in total. The van der Waals surface area contributed by atoms with Gasteiger partial charge in [0, 0.05) is 12.5 Å². The average Bonchev–Trinajstić information content (AvgIpc) is 2.65. The van der Waals surface area contributed by atoms with E-state index >= 15 is 0 Å². The van der Waals surface area contributed by atoms with E-state index in [0.29, 0.717) is 17.6 Å². The predicted octanol–water partition coefficient (Wildman–Crippen LogP) is 3.59. The van der Waals surface area contributed by atoms with Gasteiger partial charge in [-0.1, -0.05) is 26.7 Å². The van der Waals surface area contributed by atoms with Gasteiger partial charge < -0.3 is 4.74 Å². The van der Waals surface area contributed by atoms with E-state index in [2.05, 4.69) is 13.8 Å². The van der Waals surface area contributed by atoms with Crippen LogP contribution in [0.15, 0.2) is 0 Å². The quantitative estimate of drug-likeness (QED) is 0.751. The Labute approximate surface area is 105 Å². The molecule has 17 heavy (non-hydrogen) atoms. The molecule has 2 heteroatoms. The fraction of sp³-hybridized carbons (Fsp3) is 0.933. The third kappa shape index (κ3) is 2.73. The number of Topliss-reactive ketones (excluding diaryl/α,β-unsaturated/α-hetero) is 1. The van der Waals surface area contributed by atoms with E-state index in [1.165, 1.54) is 25.7 Å². The van der Waals surface area contributed by atoms with Gasteiger partial charge in [0.25, 0.3) is 0 Å². The van der Waals surface area contributed by atoms with Crippen LogP contribution in [0.25, 0.3) is 0 Å². The maximum Gasteiger partial charge on any atom is 0.133 e. The molecule has 1 spiro atoms. The van der Waals surface area contributed by atoms with Crippen LogP contribution >= 0.6 is 0 Å². The molecule has 0 radical (unpaired) electrons. The maximum absolute atomic E-state index is 11.8. The van der Waals surface area contributed by atoms with E-state index in [4.69, 9.17) is 4.74 Å². The van der Waals surface area contributed by atoms with E-state index in [9.17, 15) is 4.79 Å². The first-order valence-electron chi connectivity index (χ1n) is 7.18. The summed E-state index contributed by atoms with van der Waals surface area (Å²) in [6.45, 7) is 6.99. The normalized spacial score (nSPS) is 29.8. The zero-order chi connectivity index (χ0) is 12.5. The highest BCUT2D eigenvalue weighted by atomic mass is 16.5. The first-order chi connectivity index (χ1) is 8.04. The molecule has 1 saturated carbocycles. The number of hydrogen-bond donors (Lipinski definition) is 0. The molecule has 1 aliphatic heterocycles. The fourth-order valence-electron chi connectivity index (χ4n) is 4.09. The number of ketones is 1. The van der Waals surface area contributed by atoms with E-state index in [0.717, 1.165) is 19.4 Å². The van der Waals surface area contributed by atoms with Gasteiger partial charge in [0.15, 0.2) is 0 Å². The van der Waals surface area contributed by atoms with Gasteiger partial charge in [-0.2, -0.15) is 0 Å². The van der Waals surface area contributed by atoms with Gasteiger partial charge in [0.1, 0.15) is 5.78 Å². The number of rotatable bonds is 3. The summed E-state index contributed by atoms with van der Waals surface area (Å²) in [7, 11) is 0. The minimum atomic E-state index is 0.144. The molecule has 0 amide bonds. The van der Waals surface area contributed by atoms with Crippen molar-refractivity contribution in [2.75, 3.05) is 6.61 Å². The van der Waals surface area contributed by atoms with Crippen molar-refractivity contribution in [3.63, 3.8) is 0 Å². The van der Waals surface area contributed by atoms with E-state index < -0.39 is 0 Å². The lowest BCUT2D eigenvalue weighted by Crippen LogP contribution is -2.42. The monoisotopic (exact) mass is 238 g/mol. The van der Waals surface area contributed by atoms with Crippen molar-refractivity contribution in [1.29, 1.82) is 0 Å². The summed E-state index contributed by atoms with van der Waals surface area (Å²) in [6.07, 6.45) is 7.23. The van der Waals surface area contributed by atoms with Crippen LogP contribution < -0.4 is 0 Å². The topological polar surface area (TPSA) is 26.3 Å². The Hall–Kier alpha value is -0.370. The maximum atomic E-state index is 11.8. The first-order valence-corrected chi connectivity index (χ1v) is 7.18. The van der Waals surface area contributed by atoms with Gasteiger partial charge in [0.2, 0.25) is 0 Å². The third-order valence-electron chi connectivity index (χ3n) is 4.74. The Morgan fingerprint density at radius 3 is 2.47 bits per heavy atom. The van der Waals surface area contributed by atoms with Crippen LogP contribution in [-0.2, 0) is 9.53 Å². The summed E-state index contributed by atoms with van der Waals surface area (Å²) >= 11 is 0. The van der Waals surface area contributed by atoms with Crippen molar-refractivity contribution in [2.45, 2.75) is 64.9 Å². The van der Waals surface area contributed by atoms with Gasteiger partial charge in [0.05, 0.1) is 5.60 Å². The van der Waals surface area contributed by atoms with Gasteiger partial charge >= 0.3 is 0 Å². The fourth-order valence-corrected chi connectivity index (χ4v) is 4.09. The van der Waals surface area contributed by atoms with Gasteiger partial charge in [-0.25, -0.2) is 0 Å². The van der Waals surface area contributed by atoms with Crippen molar-refractivity contribution in [3.05, 3.63) is 0 Å². The van der Waals surface area contributed by atoms with Crippen LogP contribution in [0.4, 0.5) is 0 Å². The highest BCUT2D eigenvalue weighted by molar-refractivity contribution is 5.78. The third-order valence-corrected chi connectivity index (χ3v) is 4.74. The summed E-state index contributed by atoms with van der Waals surface area (Å²) in [5.74, 6) is 1.64. The molecule has 0 bridgehead atoms. The van der Waals surface area contributed by atoms with Crippen molar-refractivity contribution in [3.8, 4) is 0 Å². The summed E-state index contributed by atoms with van der Waals surface area (Å²) in [5.41, 5.74) is 0.144. The van der Waals surface area contributed by atoms with Crippen molar-refractivity contribution < 1.29 is 9.53 Å². The molecule has 2 rings (SSSR count). The van der Waals surface area contributed by atoms with E-state index in [-0.39, 0.29) is 11.5 Å². The van der Waals surface area contributed by atoms with Crippen LogP contribution in [0, 0.1) is 17.8 Å². The lowest BCUT2D eigenvalue weighted by Gasteiger charge is -2.41. The smallest absolute Gasteiger partial charge is 0.133 e. The summed E-state index contributed by atoms with van der Waals surface area (Å²) in [6, 6.07) is 0. The van der Waals surface area contributed by atoms with Crippen LogP contribution in [0.1, 0.15) is 59.3 Å². The van der Waals surface area contributed by atoms with Crippen LogP contribution in [0.5, 0.6) is 0 Å². The molecule has 2 aliphatic rings. The van der Waals surface area contributed by atoms with Crippen LogP contribution in [0.3, 0.4) is 0 Å². The Morgan fingerprint density at radius 1 is 1.29 bits per heavy atom. The Bertz CT molecular complexity index is 277. The summed E-state index contributed by atoms with van der Waals surface area (Å²) < 4.78 is 6.05. The Morgan fingerprint density at radius 2 is 1.94 bits per heavy atom. The molecule has 0 aromatic carbocycles. The van der Waals surface area contributed by atoms with Gasteiger partial charge in [-0.05, 0) is 44.4 Å². The highest BCUT2D eigenvalue weighted by Crippen LogP contribution is 2.45. The zero-order valence-electron chi connectivity index (χ0n) is 11.5. The minimum absolute atomic E-state index is 0.144. The molecule has 0 N–H and O–H groups in total. The van der Waals surface area contributed by atoms with Crippen molar-refractivity contribution in [2.24, 2.45) is 17.8 Å². The minimum Gasteiger partial charge on any atom is -0.375 e. The largest absolute Gasteiger partial charge is 0.375 e. The van der Waals surface area contributed by atoms with Crippen molar-refractivity contribution >= 4 is 5.78 Å². The molecule has 2 atom stereocenters. The number of carbonyl (C=O) groups is 1. The first kappa shape index (κ1) is 13.1. The molecule has 98 valence electrons. The molecular weight excluding hydrogens is 212 g/mol. The number of carbonyl (C=O) groups excluding carboxylic acids is 1. The SMILES string of the molecule is CC(=O)C(C(C)C)C1CCOC2(CCCC2)C1. The lowest BCUT2D eigenvalue weighted by atomic mass is 9.72. The second-order valence-corrected chi connectivity index (χ2v) is 6.37. The van der Waals surface area contributed by atoms with Crippen LogP contribution in [-0.4, -0.2) is 18.0 Å². The molecular formula is C15H26O2. The highest BCUT2D eigenvalue weighted by Gasteiger charge is 2.43. The molecule has 0 aromatic rings. The molecule has 1 heterocycles. The Kier molecular flexibility index (Phi) is 3.92. The van der Waals surface area contributed by atoms with Gasteiger partial charge in [-0.3, -0.25) is 4.79 Å². The number of ether oxygens (including phenoxy) is 1. The van der Waals surface area contributed by atoms with E-state index in [1.807, 2.05) is 0 Å². The lowest BCUT2D eigenvalue weighted by molar-refractivity contribution is -0.133.